The highest BCUT2D eigenvalue weighted by Gasteiger charge is 2.21. The normalized spacial score (nSPS) is 18.1. The molecule has 0 radical (unpaired) electrons. The third kappa shape index (κ3) is 4.77. The van der Waals surface area contributed by atoms with Crippen molar-refractivity contribution in [3.63, 3.8) is 0 Å². The van der Waals surface area contributed by atoms with Crippen LogP contribution >= 0.6 is 12.2 Å². The molecule has 0 saturated carbocycles. The molecule has 1 aromatic heterocycles. The van der Waals surface area contributed by atoms with Gasteiger partial charge in [-0.3, -0.25) is 0 Å². The Balaban J connectivity index is 1.89. The summed E-state index contributed by atoms with van der Waals surface area (Å²) in [5, 5.41) is 3.92. The van der Waals surface area contributed by atoms with Gasteiger partial charge < -0.3 is 24.1 Å². The summed E-state index contributed by atoms with van der Waals surface area (Å²) in [6.45, 7) is 3.64. The lowest BCUT2D eigenvalue weighted by Crippen LogP contribution is -2.43. The Hall–Kier alpha value is -1.11. The fourth-order valence-electron chi connectivity index (χ4n) is 2.22. The quantitative estimate of drug-likeness (QED) is 0.611. The Morgan fingerprint density at radius 2 is 2.50 bits per heavy atom. The molecule has 2 rings (SSSR count). The number of ether oxygens (including phenoxy) is 2. The molecular weight excluding hydrogens is 276 g/mol. The van der Waals surface area contributed by atoms with Gasteiger partial charge in [0.2, 0.25) is 0 Å². The van der Waals surface area contributed by atoms with Crippen LogP contribution in [0.5, 0.6) is 0 Å². The lowest BCUT2D eigenvalue weighted by Gasteiger charge is -2.27. The summed E-state index contributed by atoms with van der Waals surface area (Å²) in [5.74, 6) is 0.902. The van der Waals surface area contributed by atoms with Gasteiger partial charge in [-0.25, -0.2) is 0 Å². The monoisotopic (exact) mass is 298 g/mol. The van der Waals surface area contributed by atoms with Crippen molar-refractivity contribution < 1.29 is 13.9 Å². The SMILES string of the molecule is COCCNC(=S)N(Cc1ccco1)CC1CCCO1. The lowest BCUT2D eigenvalue weighted by molar-refractivity contribution is 0.0882. The lowest BCUT2D eigenvalue weighted by atomic mass is 10.2. The van der Waals surface area contributed by atoms with Crippen LogP contribution in [0.25, 0.3) is 0 Å². The molecule has 1 unspecified atom stereocenters. The average Bonchev–Trinajstić information content (AvgIpc) is 3.11. The highest BCUT2D eigenvalue weighted by molar-refractivity contribution is 7.80. The van der Waals surface area contributed by atoms with Crippen molar-refractivity contribution in [1.82, 2.24) is 10.2 Å². The molecule has 112 valence electrons. The molecule has 1 atom stereocenters. The fourth-order valence-corrected chi connectivity index (χ4v) is 2.46. The molecule has 6 heteroatoms. The van der Waals surface area contributed by atoms with Crippen molar-refractivity contribution in [3.8, 4) is 0 Å². The van der Waals surface area contributed by atoms with Gasteiger partial charge in [-0.2, -0.15) is 0 Å². The molecule has 2 heterocycles. The number of rotatable bonds is 7. The zero-order chi connectivity index (χ0) is 14.2. The highest BCUT2D eigenvalue weighted by atomic mass is 32.1. The highest BCUT2D eigenvalue weighted by Crippen LogP contribution is 2.15. The number of nitrogens with one attached hydrogen (secondary N) is 1. The molecule has 1 aliphatic rings. The van der Waals surface area contributed by atoms with Gasteiger partial charge in [0.05, 0.1) is 25.5 Å². The van der Waals surface area contributed by atoms with Gasteiger partial charge in [0.1, 0.15) is 5.76 Å². The zero-order valence-corrected chi connectivity index (χ0v) is 12.7. The van der Waals surface area contributed by atoms with E-state index in [0.29, 0.717) is 24.8 Å². The van der Waals surface area contributed by atoms with Gasteiger partial charge >= 0.3 is 0 Å². The summed E-state index contributed by atoms with van der Waals surface area (Å²) in [4.78, 5) is 2.10. The van der Waals surface area contributed by atoms with Gasteiger partial charge in [0, 0.05) is 26.8 Å². The van der Waals surface area contributed by atoms with Crippen molar-refractivity contribution in [1.29, 1.82) is 0 Å². The van der Waals surface area contributed by atoms with Gasteiger partial charge in [-0.05, 0) is 37.2 Å². The predicted octanol–water partition coefficient (Wildman–Crippen LogP) is 1.78. The molecule has 5 nitrogen and oxygen atoms in total. The molecule has 1 fully saturated rings. The molecule has 1 aromatic rings. The Bertz CT molecular complexity index is 391. The topological polar surface area (TPSA) is 46.9 Å². The van der Waals surface area contributed by atoms with Crippen LogP contribution in [0, 0.1) is 0 Å². The van der Waals surface area contributed by atoms with Crippen LogP contribution in [0.2, 0.25) is 0 Å². The average molecular weight is 298 g/mol. The van der Waals surface area contributed by atoms with E-state index in [0.717, 1.165) is 31.8 Å². The van der Waals surface area contributed by atoms with Crippen LogP contribution in [0.15, 0.2) is 22.8 Å². The number of nitrogens with zero attached hydrogens (tertiary/aromatic N) is 1. The number of furan rings is 1. The number of methoxy groups -OCH3 is 1. The van der Waals surface area contributed by atoms with Crippen molar-refractivity contribution in [2.75, 3.05) is 33.4 Å². The molecule has 0 spiro atoms. The second kappa shape index (κ2) is 8.24. The Kier molecular flexibility index (Phi) is 6.29. The van der Waals surface area contributed by atoms with Crippen molar-refractivity contribution in [3.05, 3.63) is 24.2 Å². The molecule has 0 aliphatic carbocycles. The first kappa shape index (κ1) is 15.3. The third-order valence-corrected chi connectivity index (χ3v) is 3.65. The molecular formula is C14H22N2O3S. The molecule has 0 bridgehead atoms. The first-order valence-electron chi connectivity index (χ1n) is 6.95. The Morgan fingerprint density at radius 3 is 3.15 bits per heavy atom. The second-order valence-corrected chi connectivity index (χ2v) is 5.21. The number of thiocarbonyl (C=S) groups is 1. The van der Waals surface area contributed by atoms with Crippen LogP contribution in [0.1, 0.15) is 18.6 Å². The van der Waals surface area contributed by atoms with Crippen molar-refractivity contribution in [2.45, 2.75) is 25.5 Å². The molecule has 0 amide bonds. The predicted molar refractivity (Wildman–Crippen MR) is 80.6 cm³/mol. The van der Waals surface area contributed by atoms with E-state index in [9.17, 15) is 0 Å². The molecule has 1 N–H and O–H groups in total. The molecule has 20 heavy (non-hydrogen) atoms. The third-order valence-electron chi connectivity index (χ3n) is 3.24. The fraction of sp³-hybridized carbons (Fsp3) is 0.643. The summed E-state index contributed by atoms with van der Waals surface area (Å²) in [7, 11) is 1.68. The van der Waals surface area contributed by atoms with Gasteiger partial charge in [0.15, 0.2) is 5.11 Å². The smallest absolute Gasteiger partial charge is 0.169 e. The van der Waals surface area contributed by atoms with E-state index in [-0.39, 0.29) is 6.10 Å². The standard InChI is InChI=1S/C14H22N2O3S/c1-17-9-6-15-14(20)16(10-12-4-2-7-18-12)11-13-5-3-8-19-13/h2,4,7,13H,3,5-6,8-11H2,1H3,(H,15,20). The maximum Gasteiger partial charge on any atom is 0.169 e. The summed E-state index contributed by atoms with van der Waals surface area (Å²) in [6, 6.07) is 3.85. The Labute approximate surface area is 125 Å². The Morgan fingerprint density at radius 1 is 1.60 bits per heavy atom. The largest absolute Gasteiger partial charge is 0.467 e. The minimum atomic E-state index is 0.257. The van der Waals surface area contributed by atoms with Gasteiger partial charge in [-0.1, -0.05) is 0 Å². The van der Waals surface area contributed by atoms with E-state index in [2.05, 4.69) is 10.2 Å². The van der Waals surface area contributed by atoms with E-state index in [4.69, 9.17) is 26.1 Å². The summed E-state index contributed by atoms with van der Waals surface area (Å²) in [5.41, 5.74) is 0. The van der Waals surface area contributed by atoms with E-state index in [1.807, 2.05) is 12.1 Å². The zero-order valence-electron chi connectivity index (χ0n) is 11.8. The molecule has 1 saturated heterocycles. The maximum absolute atomic E-state index is 5.69. The second-order valence-electron chi connectivity index (χ2n) is 4.82. The van der Waals surface area contributed by atoms with E-state index in [1.165, 1.54) is 0 Å². The number of hydrogen-bond donors (Lipinski definition) is 1. The van der Waals surface area contributed by atoms with Crippen LogP contribution in [-0.2, 0) is 16.0 Å². The first-order chi connectivity index (χ1) is 9.79. The van der Waals surface area contributed by atoms with Crippen LogP contribution in [0.4, 0.5) is 0 Å². The van der Waals surface area contributed by atoms with Gasteiger partial charge in [0.25, 0.3) is 0 Å². The number of hydrogen-bond acceptors (Lipinski definition) is 4. The van der Waals surface area contributed by atoms with Crippen molar-refractivity contribution >= 4 is 17.3 Å². The van der Waals surface area contributed by atoms with Crippen molar-refractivity contribution in [2.24, 2.45) is 0 Å². The van der Waals surface area contributed by atoms with Crippen LogP contribution < -0.4 is 5.32 Å². The summed E-state index contributed by atoms with van der Waals surface area (Å²) < 4.78 is 16.1. The minimum Gasteiger partial charge on any atom is -0.467 e. The van der Waals surface area contributed by atoms with Crippen LogP contribution in [-0.4, -0.2) is 49.5 Å². The maximum atomic E-state index is 5.69. The van der Waals surface area contributed by atoms with E-state index >= 15 is 0 Å². The van der Waals surface area contributed by atoms with Crippen LogP contribution in [0.3, 0.4) is 0 Å². The first-order valence-corrected chi connectivity index (χ1v) is 7.36. The molecule has 1 aliphatic heterocycles. The minimum absolute atomic E-state index is 0.257. The van der Waals surface area contributed by atoms with E-state index in [1.54, 1.807) is 13.4 Å². The summed E-state index contributed by atoms with van der Waals surface area (Å²) in [6.07, 6.45) is 4.16. The van der Waals surface area contributed by atoms with E-state index < -0.39 is 0 Å². The molecule has 0 aromatic carbocycles. The summed E-state index contributed by atoms with van der Waals surface area (Å²) >= 11 is 5.46. The van der Waals surface area contributed by atoms with Gasteiger partial charge in [-0.15, -0.1) is 0 Å².